The fraction of sp³-hybridized carbons (Fsp3) is 0.391. The Hall–Kier alpha value is -3.71. The number of benzene rings is 1. The van der Waals surface area contributed by atoms with Crippen LogP contribution in [0.2, 0.25) is 0 Å². The summed E-state index contributed by atoms with van der Waals surface area (Å²) in [7, 11) is -4.15. The largest absolute Gasteiger partial charge is 0.507 e. The smallest absolute Gasteiger partial charge is 0.450 e. The molecule has 0 unspecified atom stereocenters. The number of piperidine rings is 1. The highest BCUT2D eigenvalue weighted by atomic mass is 32.2. The number of para-hydroxylation sites is 1. The maximum Gasteiger partial charge on any atom is 0.507 e. The molecule has 36 heavy (non-hydrogen) atoms. The summed E-state index contributed by atoms with van der Waals surface area (Å²) < 4.78 is 34.4. The van der Waals surface area contributed by atoms with E-state index in [0.29, 0.717) is 49.1 Å². The number of anilines is 1. The van der Waals surface area contributed by atoms with Crippen molar-refractivity contribution in [1.29, 1.82) is 0 Å². The van der Waals surface area contributed by atoms with E-state index in [2.05, 4.69) is 25.0 Å². The number of carbonyl (C=O) groups is 2. The molecule has 0 bridgehead atoms. The van der Waals surface area contributed by atoms with Crippen molar-refractivity contribution >= 4 is 38.9 Å². The van der Waals surface area contributed by atoms with E-state index in [1.807, 2.05) is 0 Å². The first kappa shape index (κ1) is 25.4. The normalized spacial score (nSPS) is 17.0. The number of nitrogens with one attached hydrogen (secondary N) is 3. The Bertz CT molecular complexity index is 1290. The van der Waals surface area contributed by atoms with Crippen molar-refractivity contribution in [3.8, 4) is 0 Å². The van der Waals surface area contributed by atoms with Gasteiger partial charge in [0.05, 0.1) is 5.52 Å². The average molecular weight is 517 g/mol. The molecular weight excluding hydrogens is 488 g/mol. The van der Waals surface area contributed by atoms with Gasteiger partial charge in [0, 0.05) is 43.5 Å². The number of hydrogen-bond donors (Lipinski definition) is 4. The Kier molecular flexibility index (Phi) is 8.00. The SMILES string of the molecule is O=C(O)O[C@@H]1CCCCN1C(=O)[C@H](CCCNc1ncc[nH]1)NS(=O)(=O)c1cccc2cccnc12. The van der Waals surface area contributed by atoms with Crippen molar-refractivity contribution < 1.29 is 27.9 Å². The predicted octanol–water partition coefficient (Wildman–Crippen LogP) is 2.53. The molecule has 13 heteroatoms. The van der Waals surface area contributed by atoms with E-state index in [1.165, 1.54) is 17.2 Å². The molecular formula is C23H28N6O6S. The lowest BCUT2D eigenvalue weighted by Gasteiger charge is -2.36. The first-order valence-corrected chi connectivity index (χ1v) is 13.1. The summed E-state index contributed by atoms with van der Waals surface area (Å²) in [4.78, 5) is 37.2. The number of aromatic amines is 1. The molecule has 1 aliphatic rings. The Morgan fingerprint density at radius 1 is 1.19 bits per heavy atom. The van der Waals surface area contributed by atoms with E-state index in [1.54, 1.807) is 36.7 Å². The number of sulfonamides is 1. The summed E-state index contributed by atoms with van der Waals surface area (Å²) in [6.45, 7) is 0.708. The van der Waals surface area contributed by atoms with Gasteiger partial charge in [-0.05, 0) is 37.8 Å². The van der Waals surface area contributed by atoms with Crippen molar-refractivity contribution in [3.05, 3.63) is 48.9 Å². The molecule has 4 rings (SSSR count). The molecule has 1 aromatic carbocycles. The van der Waals surface area contributed by atoms with Crippen LogP contribution in [0.3, 0.4) is 0 Å². The van der Waals surface area contributed by atoms with Gasteiger partial charge >= 0.3 is 6.16 Å². The van der Waals surface area contributed by atoms with Crippen LogP contribution in [0, 0.1) is 0 Å². The second kappa shape index (κ2) is 11.4. The van der Waals surface area contributed by atoms with Gasteiger partial charge in [-0.25, -0.2) is 18.2 Å². The van der Waals surface area contributed by atoms with Gasteiger partial charge < -0.3 is 25.0 Å². The third-order valence-electron chi connectivity index (χ3n) is 5.91. The third kappa shape index (κ3) is 6.10. The molecule has 3 aromatic rings. The second-order valence-electron chi connectivity index (χ2n) is 8.38. The van der Waals surface area contributed by atoms with Crippen LogP contribution in [-0.4, -0.2) is 70.8 Å². The minimum Gasteiger partial charge on any atom is -0.450 e. The minimum atomic E-state index is -4.15. The lowest BCUT2D eigenvalue weighted by molar-refractivity contribution is -0.147. The van der Waals surface area contributed by atoms with Gasteiger partial charge in [0.25, 0.3) is 0 Å². The molecule has 1 fully saturated rings. The zero-order valence-corrected chi connectivity index (χ0v) is 20.3. The zero-order valence-electron chi connectivity index (χ0n) is 19.5. The van der Waals surface area contributed by atoms with E-state index in [0.717, 1.165) is 0 Å². The number of carbonyl (C=O) groups excluding carboxylic acids is 1. The van der Waals surface area contributed by atoms with Crippen LogP contribution in [0.1, 0.15) is 32.1 Å². The monoisotopic (exact) mass is 516 g/mol. The average Bonchev–Trinajstić information content (AvgIpc) is 3.38. The van der Waals surface area contributed by atoms with Crippen LogP contribution >= 0.6 is 0 Å². The van der Waals surface area contributed by atoms with E-state index < -0.39 is 34.4 Å². The molecule has 0 aliphatic carbocycles. The van der Waals surface area contributed by atoms with Gasteiger partial charge in [0.2, 0.25) is 15.9 Å². The fourth-order valence-corrected chi connectivity index (χ4v) is 5.65. The molecule has 1 amide bonds. The van der Waals surface area contributed by atoms with E-state index >= 15 is 0 Å². The standard InChI is InChI=1S/C23H28N6O6S/c30-21(29-15-2-1-10-19(29)35-23(31)32)17(8-5-12-25-22-26-13-14-27-22)28-36(33,34)18-9-3-6-16-7-4-11-24-20(16)18/h3-4,6-7,9,11,13-14,17,19,28H,1-2,5,8,10,12,15H2,(H,31,32)(H2,25,26,27)/t17-,19+/m0/s1. The highest BCUT2D eigenvalue weighted by Gasteiger charge is 2.36. The highest BCUT2D eigenvalue weighted by Crippen LogP contribution is 2.23. The number of aromatic nitrogens is 3. The molecule has 3 heterocycles. The summed E-state index contributed by atoms with van der Waals surface area (Å²) in [6.07, 6.45) is 4.64. The number of ether oxygens (including phenoxy) is 1. The number of hydrogen-bond acceptors (Lipinski definition) is 8. The number of rotatable bonds is 10. The summed E-state index contributed by atoms with van der Waals surface area (Å²) in [6, 6.07) is 7.14. The van der Waals surface area contributed by atoms with Crippen LogP contribution < -0.4 is 10.0 Å². The van der Waals surface area contributed by atoms with Gasteiger partial charge in [-0.2, -0.15) is 4.72 Å². The summed E-state index contributed by atoms with van der Waals surface area (Å²) in [5.74, 6) is 0.0296. The fourth-order valence-electron chi connectivity index (χ4n) is 4.24. The number of imidazole rings is 1. The topological polar surface area (TPSA) is 167 Å². The molecule has 0 spiro atoms. The predicted molar refractivity (Wildman–Crippen MR) is 131 cm³/mol. The highest BCUT2D eigenvalue weighted by molar-refractivity contribution is 7.89. The van der Waals surface area contributed by atoms with Gasteiger partial charge in [0.15, 0.2) is 12.2 Å². The quantitative estimate of drug-likeness (QED) is 0.234. The van der Waals surface area contributed by atoms with Crippen molar-refractivity contribution in [1.82, 2.24) is 24.6 Å². The summed E-state index contributed by atoms with van der Waals surface area (Å²) in [5.41, 5.74) is 0.295. The van der Waals surface area contributed by atoms with Crippen LogP contribution in [0.5, 0.6) is 0 Å². The number of carboxylic acid groups (broad SMARTS) is 1. The number of nitrogens with zero attached hydrogens (tertiary/aromatic N) is 3. The number of H-pyrrole nitrogens is 1. The summed E-state index contributed by atoms with van der Waals surface area (Å²) >= 11 is 0. The first-order chi connectivity index (χ1) is 17.3. The van der Waals surface area contributed by atoms with Gasteiger partial charge in [0.1, 0.15) is 10.9 Å². The molecule has 192 valence electrons. The number of pyridine rings is 1. The Balaban J connectivity index is 1.56. The molecule has 2 aromatic heterocycles. The van der Waals surface area contributed by atoms with Crippen LogP contribution in [0.25, 0.3) is 10.9 Å². The number of likely N-dealkylation sites (tertiary alicyclic amines) is 1. The van der Waals surface area contributed by atoms with Crippen LogP contribution in [0.15, 0.2) is 53.8 Å². The van der Waals surface area contributed by atoms with Crippen molar-refractivity contribution in [2.45, 2.75) is 49.3 Å². The molecule has 2 atom stereocenters. The molecule has 1 aliphatic heterocycles. The van der Waals surface area contributed by atoms with Crippen LogP contribution in [0.4, 0.5) is 10.7 Å². The van der Waals surface area contributed by atoms with Gasteiger partial charge in [-0.15, -0.1) is 0 Å². The van der Waals surface area contributed by atoms with Crippen molar-refractivity contribution in [2.24, 2.45) is 0 Å². The maximum absolute atomic E-state index is 13.6. The molecule has 1 saturated heterocycles. The number of fused-ring (bicyclic) bond motifs is 1. The Morgan fingerprint density at radius 2 is 2.03 bits per heavy atom. The van der Waals surface area contributed by atoms with Gasteiger partial charge in [-0.1, -0.05) is 18.2 Å². The molecule has 4 N–H and O–H groups in total. The minimum absolute atomic E-state index is 0.0379. The lowest BCUT2D eigenvalue weighted by atomic mass is 10.1. The van der Waals surface area contributed by atoms with E-state index in [4.69, 9.17) is 9.84 Å². The third-order valence-corrected chi connectivity index (χ3v) is 7.41. The second-order valence-corrected chi connectivity index (χ2v) is 10.1. The van der Waals surface area contributed by atoms with Crippen molar-refractivity contribution in [3.63, 3.8) is 0 Å². The maximum atomic E-state index is 13.6. The zero-order chi connectivity index (χ0) is 25.5. The molecule has 0 radical (unpaired) electrons. The Labute approximate surface area is 208 Å². The van der Waals surface area contributed by atoms with Gasteiger partial charge in [-0.3, -0.25) is 9.78 Å². The van der Waals surface area contributed by atoms with E-state index in [9.17, 15) is 18.0 Å². The molecule has 12 nitrogen and oxygen atoms in total. The first-order valence-electron chi connectivity index (χ1n) is 11.6. The Morgan fingerprint density at radius 3 is 2.81 bits per heavy atom. The van der Waals surface area contributed by atoms with E-state index in [-0.39, 0.29) is 17.9 Å². The molecule has 0 saturated carbocycles. The summed E-state index contributed by atoms with van der Waals surface area (Å²) in [5, 5.41) is 12.8. The van der Waals surface area contributed by atoms with Crippen molar-refractivity contribution in [2.75, 3.05) is 18.4 Å². The van der Waals surface area contributed by atoms with Crippen LogP contribution in [-0.2, 0) is 19.6 Å². The lowest BCUT2D eigenvalue weighted by Crippen LogP contribution is -2.54. The number of amides is 1.